The summed E-state index contributed by atoms with van der Waals surface area (Å²) in [6.07, 6.45) is 0.981. The Morgan fingerprint density at radius 1 is 1.05 bits per heavy atom. The smallest absolute Gasteiger partial charge is 0.254 e. The summed E-state index contributed by atoms with van der Waals surface area (Å²) in [6, 6.07) is 16.0. The van der Waals surface area contributed by atoms with Gasteiger partial charge in [0.1, 0.15) is 5.75 Å². The van der Waals surface area contributed by atoms with E-state index in [9.17, 15) is 0 Å². The molecule has 0 radical (unpaired) electrons. The van der Waals surface area contributed by atoms with Gasteiger partial charge in [-0.05, 0) is 43.2 Å². The summed E-state index contributed by atoms with van der Waals surface area (Å²) in [7, 11) is 0. The van der Waals surface area contributed by atoms with Gasteiger partial charge in [-0.25, -0.2) is 0 Å². The van der Waals surface area contributed by atoms with Crippen molar-refractivity contribution < 1.29 is 9.15 Å². The fourth-order valence-electron chi connectivity index (χ4n) is 2.12. The zero-order valence-corrected chi connectivity index (χ0v) is 12.7. The van der Waals surface area contributed by atoms with Crippen molar-refractivity contribution in [3.05, 3.63) is 65.5 Å². The van der Waals surface area contributed by atoms with Crippen molar-refractivity contribution in [3.8, 4) is 17.2 Å². The predicted octanol–water partition coefficient (Wildman–Crippen LogP) is 4.19. The Morgan fingerprint density at radius 3 is 2.64 bits per heavy atom. The summed E-state index contributed by atoms with van der Waals surface area (Å²) < 4.78 is 11.3. The minimum atomic E-state index is 0.270. The van der Waals surface area contributed by atoms with E-state index in [2.05, 4.69) is 23.2 Å². The molecule has 0 amide bonds. The van der Waals surface area contributed by atoms with Crippen LogP contribution < -0.4 is 4.74 Å². The fourth-order valence-corrected chi connectivity index (χ4v) is 2.12. The molecule has 0 atom stereocenters. The van der Waals surface area contributed by atoms with Crippen molar-refractivity contribution in [2.45, 2.75) is 26.9 Å². The van der Waals surface area contributed by atoms with Gasteiger partial charge in [0.15, 0.2) is 6.61 Å². The molecule has 3 aromatic rings. The van der Waals surface area contributed by atoms with Crippen LogP contribution in [-0.4, -0.2) is 10.2 Å². The lowest BCUT2D eigenvalue weighted by Gasteiger charge is -2.04. The first kappa shape index (κ1) is 14.3. The second kappa shape index (κ2) is 6.43. The van der Waals surface area contributed by atoms with Crippen molar-refractivity contribution in [3.63, 3.8) is 0 Å². The summed E-state index contributed by atoms with van der Waals surface area (Å²) in [5, 5.41) is 8.10. The van der Waals surface area contributed by atoms with Crippen LogP contribution in [0.1, 0.15) is 23.9 Å². The van der Waals surface area contributed by atoms with E-state index in [0.29, 0.717) is 11.8 Å². The Balaban J connectivity index is 1.67. The molecule has 0 unspecified atom stereocenters. The highest BCUT2D eigenvalue weighted by atomic mass is 16.5. The Kier molecular flexibility index (Phi) is 4.19. The molecule has 22 heavy (non-hydrogen) atoms. The lowest BCUT2D eigenvalue weighted by Crippen LogP contribution is -1.96. The summed E-state index contributed by atoms with van der Waals surface area (Å²) in [5.74, 6) is 1.80. The molecular formula is C18H18N2O2. The van der Waals surface area contributed by atoms with Gasteiger partial charge >= 0.3 is 0 Å². The third-order valence-corrected chi connectivity index (χ3v) is 3.43. The highest BCUT2D eigenvalue weighted by Gasteiger charge is 2.09. The van der Waals surface area contributed by atoms with Gasteiger partial charge in [-0.15, -0.1) is 10.2 Å². The first-order valence-electron chi connectivity index (χ1n) is 7.36. The molecule has 3 rings (SSSR count). The first-order valence-corrected chi connectivity index (χ1v) is 7.36. The predicted molar refractivity (Wildman–Crippen MR) is 84.6 cm³/mol. The zero-order chi connectivity index (χ0) is 15.4. The number of ether oxygens (including phenoxy) is 1. The third kappa shape index (κ3) is 3.34. The number of rotatable bonds is 5. The van der Waals surface area contributed by atoms with E-state index in [0.717, 1.165) is 17.7 Å². The molecule has 0 aliphatic carbocycles. The van der Waals surface area contributed by atoms with Crippen molar-refractivity contribution in [1.29, 1.82) is 0 Å². The van der Waals surface area contributed by atoms with E-state index in [1.54, 1.807) is 0 Å². The van der Waals surface area contributed by atoms with E-state index in [1.165, 1.54) is 11.1 Å². The minimum Gasteiger partial charge on any atom is -0.484 e. The van der Waals surface area contributed by atoms with Crippen LogP contribution in [0.2, 0.25) is 0 Å². The maximum Gasteiger partial charge on any atom is 0.254 e. The van der Waals surface area contributed by atoms with Crippen LogP contribution in [0.5, 0.6) is 5.75 Å². The molecule has 2 aromatic carbocycles. The molecule has 4 heteroatoms. The number of hydrogen-bond acceptors (Lipinski definition) is 4. The van der Waals surface area contributed by atoms with E-state index in [1.807, 2.05) is 49.4 Å². The second-order valence-corrected chi connectivity index (χ2v) is 5.16. The minimum absolute atomic E-state index is 0.270. The van der Waals surface area contributed by atoms with Crippen molar-refractivity contribution in [2.75, 3.05) is 0 Å². The van der Waals surface area contributed by atoms with Gasteiger partial charge in [0, 0.05) is 5.56 Å². The normalized spacial score (nSPS) is 10.6. The van der Waals surface area contributed by atoms with Crippen LogP contribution in [0.25, 0.3) is 11.5 Å². The van der Waals surface area contributed by atoms with Gasteiger partial charge < -0.3 is 9.15 Å². The third-order valence-electron chi connectivity index (χ3n) is 3.43. The maximum atomic E-state index is 5.71. The molecule has 0 spiro atoms. The van der Waals surface area contributed by atoms with Gasteiger partial charge in [-0.1, -0.05) is 36.8 Å². The lowest BCUT2D eigenvalue weighted by molar-refractivity contribution is 0.264. The van der Waals surface area contributed by atoms with Crippen LogP contribution in [0.4, 0.5) is 0 Å². The maximum absolute atomic E-state index is 5.71. The van der Waals surface area contributed by atoms with Gasteiger partial charge in [0.05, 0.1) is 0 Å². The molecule has 0 bridgehead atoms. The Bertz CT molecular complexity index is 748. The molecule has 0 aliphatic heterocycles. The van der Waals surface area contributed by atoms with Gasteiger partial charge in [-0.3, -0.25) is 0 Å². The van der Waals surface area contributed by atoms with Crippen molar-refractivity contribution in [2.24, 2.45) is 0 Å². The fraction of sp³-hybridized carbons (Fsp3) is 0.222. The van der Waals surface area contributed by atoms with Gasteiger partial charge in [-0.2, -0.15) is 0 Å². The highest BCUT2D eigenvalue weighted by Crippen LogP contribution is 2.20. The van der Waals surface area contributed by atoms with E-state index in [-0.39, 0.29) is 6.61 Å². The molecular weight excluding hydrogens is 276 g/mol. The van der Waals surface area contributed by atoms with Crippen LogP contribution in [0.15, 0.2) is 52.9 Å². The van der Waals surface area contributed by atoms with Crippen LogP contribution in [-0.2, 0) is 13.0 Å². The Morgan fingerprint density at radius 2 is 1.86 bits per heavy atom. The highest BCUT2D eigenvalue weighted by molar-refractivity contribution is 5.52. The number of benzene rings is 2. The van der Waals surface area contributed by atoms with E-state index >= 15 is 0 Å². The van der Waals surface area contributed by atoms with Crippen LogP contribution in [0.3, 0.4) is 0 Å². The topological polar surface area (TPSA) is 48.2 Å². The average molecular weight is 294 g/mol. The summed E-state index contributed by atoms with van der Waals surface area (Å²) in [5.41, 5.74) is 3.35. The first-order chi connectivity index (χ1) is 10.7. The molecule has 4 nitrogen and oxygen atoms in total. The monoisotopic (exact) mass is 294 g/mol. The second-order valence-electron chi connectivity index (χ2n) is 5.16. The summed E-state index contributed by atoms with van der Waals surface area (Å²) >= 11 is 0. The SMILES string of the molecule is CCc1cccc(OCc2nnc(-c3ccc(C)cc3)o2)c1. The number of aromatic nitrogens is 2. The Labute approximate surface area is 129 Å². The molecule has 112 valence electrons. The lowest BCUT2D eigenvalue weighted by atomic mass is 10.1. The standard InChI is InChI=1S/C18H18N2O2/c1-3-14-5-4-6-16(11-14)21-12-17-19-20-18(22-17)15-9-7-13(2)8-10-15/h4-11H,3,12H2,1-2H3. The van der Waals surface area contributed by atoms with Crippen molar-refractivity contribution >= 4 is 0 Å². The molecule has 0 saturated carbocycles. The Hall–Kier alpha value is -2.62. The zero-order valence-electron chi connectivity index (χ0n) is 12.7. The molecule has 1 heterocycles. The molecule has 0 fully saturated rings. The molecule has 1 aromatic heterocycles. The number of aryl methyl sites for hydroxylation is 2. The van der Waals surface area contributed by atoms with Gasteiger partial charge in [0.25, 0.3) is 5.89 Å². The van der Waals surface area contributed by atoms with E-state index < -0.39 is 0 Å². The average Bonchev–Trinajstić information content (AvgIpc) is 3.03. The summed E-state index contributed by atoms with van der Waals surface area (Å²) in [6.45, 7) is 4.43. The molecule has 0 aliphatic rings. The van der Waals surface area contributed by atoms with E-state index in [4.69, 9.17) is 9.15 Å². The van der Waals surface area contributed by atoms with Crippen LogP contribution >= 0.6 is 0 Å². The quantitative estimate of drug-likeness (QED) is 0.708. The molecule has 0 saturated heterocycles. The van der Waals surface area contributed by atoms with Crippen molar-refractivity contribution in [1.82, 2.24) is 10.2 Å². The molecule has 0 N–H and O–H groups in total. The number of hydrogen-bond donors (Lipinski definition) is 0. The summed E-state index contributed by atoms with van der Waals surface area (Å²) in [4.78, 5) is 0. The van der Waals surface area contributed by atoms with Crippen LogP contribution in [0, 0.1) is 6.92 Å². The number of nitrogens with zero attached hydrogens (tertiary/aromatic N) is 2. The van der Waals surface area contributed by atoms with Gasteiger partial charge in [0.2, 0.25) is 5.89 Å². The largest absolute Gasteiger partial charge is 0.484 e.